The highest BCUT2D eigenvalue weighted by atomic mass is 16.5. The van der Waals surface area contributed by atoms with Crippen LogP contribution in [0.1, 0.15) is 83.5 Å². The molecule has 0 radical (unpaired) electrons. The van der Waals surface area contributed by atoms with Gasteiger partial charge >= 0.3 is 5.97 Å². The second kappa shape index (κ2) is 8.17. The number of hydrogen-bond donors (Lipinski definition) is 0. The minimum Gasteiger partial charge on any atom is -0.496 e. The van der Waals surface area contributed by atoms with Gasteiger partial charge in [-0.2, -0.15) is 0 Å². The molecule has 0 heterocycles. The molecule has 4 heteroatoms. The van der Waals surface area contributed by atoms with Crippen LogP contribution in [-0.2, 0) is 10.2 Å². The second-order valence-corrected chi connectivity index (χ2v) is 8.36. The topological polar surface area (TPSA) is 52.6 Å². The Kier molecular flexibility index (Phi) is 6.33. The van der Waals surface area contributed by atoms with Gasteiger partial charge in [0.1, 0.15) is 11.3 Å². The molecule has 0 fully saturated rings. The van der Waals surface area contributed by atoms with Crippen LogP contribution in [0.25, 0.3) is 0 Å². The molecule has 0 aliphatic carbocycles. The van der Waals surface area contributed by atoms with Crippen LogP contribution < -0.4 is 4.74 Å². The van der Waals surface area contributed by atoms with Crippen molar-refractivity contribution in [2.45, 2.75) is 52.9 Å². The third kappa shape index (κ3) is 4.11. The zero-order valence-corrected chi connectivity index (χ0v) is 18.1. The van der Waals surface area contributed by atoms with E-state index in [0.717, 1.165) is 11.1 Å². The van der Waals surface area contributed by atoms with E-state index in [2.05, 4.69) is 13.8 Å². The summed E-state index contributed by atoms with van der Waals surface area (Å²) >= 11 is 0. The molecule has 0 aromatic heterocycles. The fraction of sp³-hybridized carbons (Fsp3) is 0.417. The van der Waals surface area contributed by atoms with Gasteiger partial charge in [0.2, 0.25) is 0 Å². The SMILES string of the molecule is COC(=O)c1c(C)c(C(=O)c2cccc(C(C)C)c2)cc(C(C)(C)C)c1OC. The Labute approximate surface area is 167 Å². The molecule has 0 aliphatic heterocycles. The summed E-state index contributed by atoms with van der Waals surface area (Å²) in [6, 6.07) is 9.50. The van der Waals surface area contributed by atoms with Gasteiger partial charge in [-0.05, 0) is 41.5 Å². The summed E-state index contributed by atoms with van der Waals surface area (Å²) in [5.74, 6) is 0.161. The zero-order chi connectivity index (χ0) is 21.2. The lowest BCUT2D eigenvalue weighted by Gasteiger charge is -2.26. The maximum Gasteiger partial charge on any atom is 0.341 e. The first kappa shape index (κ1) is 21.7. The van der Waals surface area contributed by atoms with E-state index in [1.165, 1.54) is 14.2 Å². The molecule has 2 rings (SSSR count). The molecule has 0 N–H and O–H groups in total. The normalized spacial score (nSPS) is 11.5. The van der Waals surface area contributed by atoms with Crippen LogP contribution in [0, 0.1) is 6.92 Å². The third-order valence-corrected chi connectivity index (χ3v) is 5.00. The van der Waals surface area contributed by atoms with Crippen LogP contribution in [0.3, 0.4) is 0 Å². The van der Waals surface area contributed by atoms with Gasteiger partial charge in [-0.15, -0.1) is 0 Å². The van der Waals surface area contributed by atoms with Gasteiger partial charge in [0.05, 0.1) is 14.2 Å². The quantitative estimate of drug-likeness (QED) is 0.510. The highest BCUT2D eigenvalue weighted by Crippen LogP contribution is 2.38. The van der Waals surface area contributed by atoms with Crippen molar-refractivity contribution in [3.05, 3.63) is 63.7 Å². The zero-order valence-electron chi connectivity index (χ0n) is 18.1. The number of hydrogen-bond acceptors (Lipinski definition) is 4. The summed E-state index contributed by atoms with van der Waals surface area (Å²) in [5.41, 5.74) is 3.54. The Bertz CT molecular complexity index is 902. The van der Waals surface area contributed by atoms with Crippen molar-refractivity contribution in [3.8, 4) is 5.75 Å². The van der Waals surface area contributed by atoms with Crippen molar-refractivity contribution in [1.29, 1.82) is 0 Å². The van der Waals surface area contributed by atoms with Crippen molar-refractivity contribution < 1.29 is 19.1 Å². The minimum absolute atomic E-state index is 0.113. The molecular weight excluding hydrogens is 352 g/mol. The van der Waals surface area contributed by atoms with Crippen molar-refractivity contribution in [1.82, 2.24) is 0 Å². The van der Waals surface area contributed by atoms with Crippen molar-refractivity contribution >= 4 is 11.8 Å². The first-order valence-corrected chi connectivity index (χ1v) is 9.48. The van der Waals surface area contributed by atoms with Gasteiger partial charge < -0.3 is 9.47 Å². The van der Waals surface area contributed by atoms with Crippen LogP contribution in [0.2, 0.25) is 0 Å². The van der Waals surface area contributed by atoms with Gasteiger partial charge in [0.25, 0.3) is 0 Å². The molecule has 0 atom stereocenters. The van der Waals surface area contributed by atoms with Gasteiger partial charge in [-0.1, -0.05) is 52.8 Å². The Balaban J connectivity index is 2.78. The number of ketones is 1. The first-order valence-electron chi connectivity index (χ1n) is 9.48. The van der Waals surface area contributed by atoms with Crippen LogP contribution in [-0.4, -0.2) is 26.0 Å². The maximum atomic E-state index is 13.4. The van der Waals surface area contributed by atoms with E-state index in [1.54, 1.807) is 6.92 Å². The second-order valence-electron chi connectivity index (χ2n) is 8.36. The summed E-state index contributed by atoms with van der Waals surface area (Å²) in [4.78, 5) is 25.9. The Hall–Kier alpha value is -2.62. The number of esters is 1. The maximum absolute atomic E-state index is 13.4. The van der Waals surface area contributed by atoms with E-state index in [4.69, 9.17) is 9.47 Å². The van der Waals surface area contributed by atoms with E-state index in [-0.39, 0.29) is 11.2 Å². The number of ether oxygens (including phenoxy) is 2. The molecule has 0 spiro atoms. The molecule has 0 saturated carbocycles. The Morgan fingerprint density at radius 2 is 1.68 bits per heavy atom. The van der Waals surface area contributed by atoms with E-state index < -0.39 is 5.97 Å². The first-order chi connectivity index (χ1) is 13.0. The van der Waals surface area contributed by atoms with Crippen LogP contribution in [0.15, 0.2) is 30.3 Å². The lowest BCUT2D eigenvalue weighted by molar-refractivity contribution is 0.0596. The molecule has 2 aromatic rings. The average molecular weight is 383 g/mol. The van der Waals surface area contributed by atoms with E-state index in [9.17, 15) is 9.59 Å². The number of benzene rings is 2. The van der Waals surface area contributed by atoms with E-state index in [0.29, 0.717) is 33.9 Å². The average Bonchev–Trinajstić information content (AvgIpc) is 2.65. The molecule has 0 unspecified atom stereocenters. The number of carbonyl (C=O) groups excluding carboxylic acids is 2. The Morgan fingerprint density at radius 3 is 2.18 bits per heavy atom. The number of rotatable bonds is 5. The van der Waals surface area contributed by atoms with E-state index in [1.807, 2.05) is 51.1 Å². The largest absolute Gasteiger partial charge is 0.496 e. The molecule has 2 aromatic carbocycles. The van der Waals surface area contributed by atoms with Gasteiger partial charge in [-0.3, -0.25) is 4.79 Å². The van der Waals surface area contributed by atoms with Gasteiger partial charge in [0, 0.05) is 16.7 Å². The van der Waals surface area contributed by atoms with Crippen molar-refractivity contribution in [3.63, 3.8) is 0 Å². The lowest BCUT2D eigenvalue weighted by atomic mass is 9.81. The molecule has 4 nitrogen and oxygen atoms in total. The third-order valence-electron chi connectivity index (χ3n) is 5.00. The predicted molar refractivity (Wildman–Crippen MR) is 112 cm³/mol. The van der Waals surface area contributed by atoms with Gasteiger partial charge in [-0.25, -0.2) is 4.79 Å². The fourth-order valence-electron chi connectivity index (χ4n) is 3.31. The smallest absolute Gasteiger partial charge is 0.341 e. The molecule has 0 bridgehead atoms. The summed E-state index contributed by atoms with van der Waals surface area (Å²) in [6.07, 6.45) is 0. The molecule has 150 valence electrons. The molecule has 28 heavy (non-hydrogen) atoms. The highest BCUT2D eigenvalue weighted by Gasteiger charge is 2.30. The number of carbonyl (C=O) groups is 2. The van der Waals surface area contributed by atoms with Crippen molar-refractivity contribution in [2.75, 3.05) is 14.2 Å². The van der Waals surface area contributed by atoms with Crippen LogP contribution >= 0.6 is 0 Å². The summed E-state index contributed by atoms with van der Waals surface area (Å²) in [6.45, 7) is 12.0. The van der Waals surface area contributed by atoms with Crippen molar-refractivity contribution in [2.24, 2.45) is 0 Å². The predicted octanol–water partition coefficient (Wildman–Crippen LogP) is 5.44. The molecular formula is C24H30O4. The van der Waals surface area contributed by atoms with Crippen LogP contribution in [0.5, 0.6) is 5.75 Å². The minimum atomic E-state index is -0.509. The van der Waals surface area contributed by atoms with Crippen LogP contribution in [0.4, 0.5) is 0 Å². The highest BCUT2D eigenvalue weighted by molar-refractivity contribution is 6.12. The van der Waals surface area contributed by atoms with Gasteiger partial charge in [0.15, 0.2) is 5.78 Å². The monoisotopic (exact) mass is 382 g/mol. The Morgan fingerprint density at radius 1 is 1.04 bits per heavy atom. The lowest BCUT2D eigenvalue weighted by Crippen LogP contribution is -2.20. The molecule has 0 aliphatic rings. The summed E-state index contributed by atoms with van der Waals surface area (Å²) in [7, 11) is 2.86. The fourth-order valence-corrected chi connectivity index (χ4v) is 3.31. The summed E-state index contributed by atoms with van der Waals surface area (Å²) < 4.78 is 10.6. The summed E-state index contributed by atoms with van der Waals surface area (Å²) in [5, 5.41) is 0. The standard InChI is InChI=1S/C24H30O4/c1-14(2)16-10-9-11-17(12-16)21(25)18-13-19(24(4,5)6)22(27-7)20(15(18)3)23(26)28-8/h9-14H,1-8H3. The molecule has 0 saturated heterocycles. The van der Waals surface area contributed by atoms with E-state index >= 15 is 0 Å². The molecule has 0 amide bonds. The number of methoxy groups -OCH3 is 2.